The topological polar surface area (TPSA) is 40.5 Å². The minimum Gasteiger partial charge on any atom is -0.508 e. The van der Waals surface area contributed by atoms with E-state index in [1.807, 2.05) is 26.0 Å². The molecule has 0 saturated carbocycles. The molecule has 2 N–H and O–H groups in total. The second-order valence-electron chi connectivity index (χ2n) is 6.12. The second-order valence-corrected chi connectivity index (χ2v) is 6.12. The quantitative estimate of drug-likeness (QED) is 0.775. The SMILES string of the molecule is CC[C@H](c1ccc(O)cc1)[C@H](CC)c1cc(C)c(O)c(C)c1. The van der Waals surface area contributed by atoms with Crippen molar-refractivity contribution in [1.29, 1.82) is 0 Å². The predicted molar refractivity (Wildman–Crippen MR) is 91.8 cm³/mol. The van der Waals surface area contributed by atoms with Crippen LogP contribution in [0.1, 0.15) is 60.8 Å². The lowest BCUT2D eigenvalue weighted by Crippen LogP contribution is -2.11. The highest BCUT2D eigenvalue weighted by atomic mass is 16.3. The van der Waals surface area contributed by atoms with E-state index >= 15 is 0 Å². The van der Waals surface area contributed by atoms with Crippen LogP contribution in [0.4, 0.5) is 0 Å². The molecule has 0 aliphatic carbocycles. The average molecular weight is 298 g/mol. The van der Waals surface area contributed by atoms with E-state index in [9.17, 15) is 10.2 Å². The van der Waals surface area contributed by atoms with Crippen LogP contribution < -0.4 is 0 Å². The van der Waals surface area contributed by atoms with Crippen molar-refractivity contribution in [2.45, 2.75) is 52.4 Å². The molecule has 2 aromatic carbocycles. The summed E-state index contributed by atoms with van der Waals surface area (Å²) < 4.78 is 0. The fourth-order valence-corrected chi connectivity index (χ4v) is 3.43. The molecule has 0 spiro atoms. The number of benzene rings is 2. The second kappa shape index (κ2) is 6.87. The Balaban J connectivity index is 2.42. The molecule has 22 heavy (non-hydrogen) atoms. The summed E-state index contributed by atoms with van der Waals surface area (Å²) in [7, 11) is 0. The molecule has 0 bridgehead atoms. The Labute approximate surface area is 133 Å². The summed E-state index contributed by atoms with van der Waals surface area (Å²) in [6, 6.07) is 11.8. The number of hydrogen-bond acceptors (Lipinski definition) is 2. The zero-order chi connectivity index (χ0) is 16.3. The van der Waals surface area contributed by atoms with Crippen molar-refractivity contribution in [3.05, 3.63) is 58.7 Å². The highest BCUT2D eigenvalue weighted by molar-refractivity contribution is 5.44. The Morgan fingerprint density at radius 2 is 1.23 bits per heavy atom. The first-order valence-corrected chi connectivity index (χ1v) is 8.06. The largest absolute Gasteiger partial charge is 0.508 e. The summed E-state index contributed by atoms with van der Waals surface area (Å²) in [5, 5.41) is 19.5. The minimum absolute atomic E-state index is 0.308. The smallest absolute Gasteiger partial charge is 0.121 e. The van der Waals surface area contributed by atoms with Crippen LogP contribution in [0.2, 0.25) is 0 Å². The van der Waals surface area contributed by atoms with E-state index < -0.39 is 0 Å². The van der Waals surface area contributed by atoms with Crippen LogP contribution in [0.5, 0.6) is 11.5 Å². The van der Waals surface area contributed by atoms with Crippen LogP contribution in [-0.4, -0.2) is 10.2 Å². The lowest BCUT2D eigenvalue weighted by Gasteiger charge is -2.27. The first kappa shape index (κ1) is 16.4. The highest BCUT2D eigenvalue weighted by Crippen LogP contribution is 2.40. The van der Waals surface area contributed by atoms with Crippen molar-refractivity contribution in [2.24, 2.45) is 0 Å². The third-order valence-electron chi connectivity index (χ3n) is 4.63. The van der Waals surface area contributed by atoms with Gasteiger partial charge in [-0.2, -0.15) is 0 Å². The van der Waals surface area contributed by atoms with Gasteiger partial charge in [-0.3, -0.25) is 0 Å². The molecule has 2 rings (SSSR count). The van der Waals surface area contributed by atoms with Crippen molar-refractivity contribution in [3.63, 3.8) is 0 Å². The molecular weight excluding hydrogens is 272 g/mol. The van der Waals surface area contributed by atoms with Crippen LogP contribution in [0.3, 0.4) is 0 Å². The molecule has 0 radical (unpaired) electrons. The molecule has 118 valence electrons. The van der Waals surface area contributed by atoms with Gasteiger partial charge in [-0.1, -0.05) is 38.1 Å². The summed E-state index contributed by atoms with van der Waals surface area (Å²) in [4.78, 5) is 0. The van der Waals surface area contributed by atoms with E-state index in [1.54, 1.807) is 12.1 Å². The van der Waals surface area contributed by atoms with E-state index in [-0.39, 0.29) is 0 Å². The van der Waals surface area contributed by atoms with Gasteiger partial charge in [0.2, 0.25) is 0 Å². The first-order chi connectivity index (χ1) is 10.5. The number of rotatable bonds is 5. The Morgan fingerprint density at radius 3 is 1.68 bits per heavy atom. The molecule has 0 amide bonds. The zero-order valence-corrected chi connectivity index (χ0v) is 13.9. The van der Waals surface area contributed by atoms with Gasteiger partial charge in [-0.15, -0.1) is 0 Å². The molecule has 2 heteroatoms. The Hall–Kier alpha value is -1.96. The molecule has 0 unspecified atom stereocenters. The van der Waals surface area contributed by atoms with Crippen molar-refractivity contribution < 1.29 is 10.2 Å². The van der Waals surface area contributed by atoms with Crippen molar-refractivity contribution in [2.75, 3.05) is 0 Å². The highest BCUT2D eigenvalue weighted by Gasteiger charge is 2.23. The molecule has 0 saturated heterocycles. The van der Waals surface area contributed by atoms with Gasteiger partial charge in [0.1, 0.15) is 11.5 Å². The molecule has 2 atom stereocenters. The van der Waals surface area contributed by atoms with Gasteiger partial charge in [-0.05, 0) is 72.9 Å². The molecule has 2 aromatic rings. The van der Waals surface area contributed by atoms with E-state index in [0.717, 1.165) is 24.0 Å². The predicted octanol–water partition coefficient (Wildman–Crippen LogP) is 5.40. The Kier molecular flexibility index (Phi) is 5.12. The maximum Gasteiger partial charge on any atom is 0.121 e. The van der Waals surface area contributed by atoms with Crippen LogP contribution in [-0.2, 0) is 0 Å². The van der Waals surface area contributed by atoms with Gasteiger partial charge < -0.3 is 10.2 Å². The summed E-state index contributed by atoms with van der Waals surface area (Å²) >= 11 is 0. The number of phenols is 2. The lowest BCUT2D eigenvalue weighted by molar-refractivity contribution is 0.463. The van der Waals surface area contributed by atoms with E-state index in [1.165, 1.54) is 11.1 Å². The van der Waals surface area contributed by atoms with Crippen molar-refractivity contribution >= 4 is 0 Å². The number of aryl methyl sites for hydroxylation is 2. The molecule has 0 fully saturated rings. The summed E-state index contributed by atoms with van der Waals surface area (Å²) in [5.41, 5.74) is 4.42. The fraction of sp³-hybridized carbons (Fsp3) is 0.400. The maximum atomic E-state index is 10.0. The monoisotopic (exact) mass is 298 g/mol. The molecule has 2 nitrogen and oxygen atoms in total. The summed E-state index contributed by atoms with van der Waals surface area (Å²) in [6.07, 6.45) is 2.09. The standard InChI is InChI=1S/C20H26O2/c1-5-18(15-7-9-17(21)10-8-15)19(6-2)16-11-13(3)20(22)14(4)12-16/h7-12,18-19,21-22H,5-6H2,1-4H3/t18-,19-/m1/s1. The van der Waals surface area contributed by atoms with Gasteiger partial charge in [0.05, 0.1) is 0 Å². The van der Waals surface area contributed by atoms with E-state index in [0.29, 0.717) is 23.3 Å². The van der Waals surface area contributed by atoms with Crippen molar-refractivity contribution in [3.8, 4) is 11.5 Å². The zero-order valence-electron chi connectivity index (χ0n) is 13.9. The van der Waals surface area contributed by atoms with Crippen LogP contribution in [0, 0.1) is 13.8 Å². The molecule has 0 aliphatic heterocycles. The fourth-order valence-electron chi connectivity index (χ4n) is 3.43. The molecule has 0 heterocycles. The van der Waals surface area contributed by atoms with Crippen LogP contribution >= 0.6 is 0 Å². The van der Waals surface area contributed by atoms with Crippen LogP contribution in [0.15, 0.2) is 36.4 Å². The van der Waals surface area contributed by atoms with Crippen LogP contribution in [0.25, 0.3) is 0 Å². The van der Waals surface area contributed by atoms with E-state index in [4.69, 9.17) is 0 Å². The molecular formula is C20H26O2. The third kappa shape index (κ3) is 3.27. The third-order valence-corrected chi connectivity index (χ3v) is 4.63. The van der Waals surface area contributed by atoms with Gasteiger partial charge in [0.15, 0.2) is 0 Å². The lowest BCUT2D eigenvalue weighted by atomic mass is 9.77. The summed E-state index contributed by atoms with van der Waals surface area (Å²) in [6.45, 7) is 8.34. The summed E-state index contributed by atoms with van der Waals surface area (Å²) in [5.74, 6) is 1.53. The molecule has 0 aromatic heterocycles. The Morgan fingerprint density at radius 1 is 0.773 bits per heavy atom. The number of hydrogen-bond donors (Lipinski definition) is 2. The van der Waals surface area contributed by atoms with Gasteiger partial charge in [0.25, 0.3) is 0 Å². The van der Waals surface area contributed by atoms with E-state index in [2.05, 4.69) is 26.0 Å². The Bertz CT molecular complexity index is 606. The van der Waals surface area contributed by atoms with Gasteiger partial charge >= 0.3 is 0 Å². The number of phenolic OH excluding ortho intramolecular Hbond substituents is 2. The van der Waals surface area contributed by atoms with Gasteiger partial charge in [-0.25, -0.2) is 0 Å². The average Bonchev–Trinajstić information content (AvgIpc) is 2.51. The van der Waals surface area contributed by atoms with Crippen molar-refractivity contribution in [1.82, 2.24) is 0 Å². The number of aromatic hydroxyl groups is 2. The normalized spacial score (nSPS) is 13.8. The minimum atomic E-state index is 0.308. The van der Waals surface area contributed by atoms with Gasteiger partial charge in [0, 0.05) is 0 Å². The maximum absolute atomic E-state index is 10.0. The molecule has 0 aliphatic rings. The first-order valence-electron chi connectivity index (χ1n) is 8.06.